The Balaban J connectivity index is 1.30. The number of aromatic nitrogens is 1. The fourth-order valence-electron chi connectivity index (χ4n) is 4.03. The van der Waals surface area contributed by atoms with E-state index in [9.17, 15) is 0 Å². The molecule has 2 aromatic rings. The van der Waals surface area contributed by atoms with E-state index >= 15 is 0 Å². The average Bonchev–Trinajstić information content (AvgIpc) is 3.05. The maximum Gasteiger partial charge on any atom is 0.0402 e. The Morgan fingerprint density at radius 3 is 2.57 bits per heavy atom. The monoisotopic (exact) mass is 307 g/mol. The van der Waals surface area contributed by atoms with E-state index in [1.165, 1.54) is 62.3 Å². The maximum atomic E-state index is 4.09. The molecule has 0 spiro atoms. The van der Waals surface area contributed by atoms with Gasteiger partial charge < -0.3 is 9.80 Å². The van der Waals surface area contributed by atoms with E-state index < -0.39 is 0 Å². The SMILES string of the molecule is c1ccc2c(c1)CCN2C1CCN(CCc2ccncc2)CC1. The molecule has 2 aliphatic heterocycles. The van der Waals surface area contributed by atoms with E-state index in [0.717, 1.165) is 12.5 Å². The third-order valence-corrected chi connectivity index (χ3v) is 5.39. The van der Waals surface area contributed by atoms with Crippen molar-refractivity contribution in [2.75, 3.05) is 31.1 Å². The first-order valence-corrected chi connectivity index (χ1v) is 8.86. The van der Waals surface area contributed by atoms with Crippen LogP contribution < -0.4 is 4.90 Å². The Morgan fingerprint density at radius 1 is 0.957 bits per heavy atom. The Morgan fingerprint density at radius 2 is 1.74 bits per heavy atom. The van der Waals surface area contributed by atoms with Gasteiger partial charge in [-0.05, 0) is 55.0 Å². The van der Waals surface area contributed by atoms with Gasteiger partial charge in [-0.2, -0.15) is 0 Å². The molecule has 3 heterocycles. The fraction of sp³-hybridized carbons (Fsp3) is 0.450. The van der Waals surface area contributed by atoms with E-state index in [1.54, 1.807) is 0 Å². The average molecular weight is 307 g/mol. The second-order valence-corrected chi connectivity index (χ2v) is 6.75. The molecule has 23 heavy (non-hydrogen) atoms. The van der Waals surface area contributed by atoms with Gasteiger partial charge in [0, 0.05) is 50.3 Å². The molecule has 0 N–H and O–H groups in total. The smallest absolute Gasteiger partial charge is 0.0402 e. The van der Waals surface area contributed by atoms with Gasteiger partial charge in [0.2, 0.25) is 0 Å². The number of hydrogen-bond donors (Lipinski definition) is 0. The summed E-state index contributed by atoms with van der Waals surface area (Å²) in [5, 5.41) is 0. The van der Waals surface area contributed by atoms with Crippen molar-refractivity contribution in [2.45, 2.75) is 31.7 Å². The molecule has 0 bridgehead atoms. The Labute approximate surface area is 139 Å². The van der Waals surface area contributed by atoms with Crippen LogP contribution in [0.4, 0.5) is 5.69 Å². The largest absolute Gasteiger partial charge is 0.368 e. The molecule has 1 saturated heterocycles. The molecule has 120 valence electrons. The summed E-state index contributed by atoms with van der Waals surface area (Å²) in [6.45, 7) is 4.84. The molecule has 0 amide bonds. The van der Waals surface area contributed by atoms with Crippen molar-refractivity contribution in [3.63, 3.8) is 0 Å². The molecule has 1 aromatic heterocycles. The number of likely N-dealkylation sites (tertiary alicyclic amines) is 1. The van der Waals surface area contributed by atoms with E-state index in [-0.39, 0.29) is 0 Å². The van der Waals surface area contributed by atoms with Crippen molar-refractivity contribution < 1.29 is 0 Å². The first-order chi connectivity index (χ1) is 11.4. The normalized spacial score (nSPS) is 19.0. The third kappa shape index (κ3) is 3.25. The van der Waals surface area contributed by atoms with Crippen molar-refractivity contribution in [1.29, 1.82) is 0 Å². The summed E-state index contributed by atoms with van der Waals surface area (Å²) < 4.78 is 0. The summed E-state index contributed by atoms with van der Waals surface area (Å²) in [6.07, 6.45) is 8.74. The lowest BCUT2D eigenvalue weighted by atomic mass is 10.0. The number of benzene rings is 1. The van der Waals surface area contributed by atoms with Crippen LogP contribution in [0.1, 0.15) is 24.0 Å². The first-order valence-electron chi connectivity index (χ1n) is 8.86. The molecule has 0 aliphatic carbocycles. The lowest BCUT2D eigenvalue weighted by molar-refractivity contribution is 0.212. The number of hydrogen-bond acceptors (Lipinski definition) is 3. The molecule has 3 heteroatoms. The highest BCUT2D eigenvalue weighted by Gasteiger charge is 2.28. The van der Waals surface area contributed by atoms with Crippen molar-refractivity contribution in [3.8, 4) is 0 Å². The molecule has 1 fully saturated rings. The van der Waals surface area contributed by atoms with Crippen LogP contribution >= 0.6 is 0 Å². The van der Waals surface area contributed by atoms with Crippen LogP contribution in [-0.2, 0) is 12.8 Å². The molecule has 3 nitrogen and oxygen atoms in total. The molecular formula is C20H25N3. The summed E-state index contributed by atoms with van der Waals surface area (Å²) in [4.78, 5) is 9.38. The quantitative estimate of drug-likeness (QED) is 0.865. The van der Waals surface area contributed by atoms with Crippen LogP contribution in [0.2, 0.25) is 0 Å². The van der Waals surface area contributed by atoms with Gasteiger partial charge in [0.05, 0.1) is 0 Å². The topological polar surface area (TPSA) is 19.4 Å². The molecule has 4 rings (SSSR count). The lowest BCUT2D eigenvalue weighted by Gasteiger charge is -2.38. The number of nitrogens with zero attached hydrogens (tertiary/aromatic N) is 3. The van der Waals surface area contributed by atoms with Gasteiger partial charge in [-0.1, -0.05) is 18.2 Å². The Bertz CT molecular complexity index is 632. The van der Waals surface area contributed by atoms with Crippen LogP contribution in [0.15, 0.2) is 48.8 Å². The summed E-state index contributed by atoms with van der Waals surface area (Å²) in [6, 6.07) is 13.9. The van der Waals surface area contributed by atoms with Crippen LogP contribution in [0.25, 0.3) is 0 Å². The number of piperidine rings is 1. The van der Waals surface area contributed by atoms with Crippen LogP contribution in [-0.4, -0.2) is 42.1 Å². The minimum absolute atomic E-state index is 0.732. The van der Waals surface area contributed by atoms with Gasteiger partial charge in [0.15, 0.2) is 0 Å². The second kappa shape index (κ2) is 6.71. The molecule has 0 atom stereocenters. The first kappa shape index (κ1) is 14.7. The summed E-state index contributed by atoms with van der Waals surface area (Å²) in [7, 11) is 0. The van der Waals surface area contributed by atoms with E-state index in [4.69, 9.17) is 0 Å². The lowest BCUT2D eigenvalue weighted by Crippen LogP contribution is -2.44. The van der Waals surface area contributed by atoms with Gasteiger partial charge in [-0.15, -0.1) is 0 Å². The molecule has 0 unspecified atom stereocenters. The Kier molecular flexibility index (Phi) is 4.29. The van der Waals surface area contributed by atoms with Crippen LogP contribution in [0.3, 0.4) is 0 Å². The summed E-state index contributed by atoms with van der Waals surface area (Å²) in [5.74, 6) is 0. The third-order valence-electron chi connectivity index (χ3n) is 5.39. The predicted molar refractivity (Wildman–Crippen MR) is 94.9 cm³/mol. The fourth-order valence-corrected chi connectivity index (χ4v) is 4.03. The highest BCUT2D eigenvalue weighted by Crippen LogP contribution is 2.32. The molecule has 0 radical (unpaired) electrons. The zero-order valence-corrected chi connectivity index (χ0v) is 13.7. The van der Waals surface area contributed by atoms with Gasteiger partial charge in [0.1, 0.15) is 0 Å². The van der Waals surface area contributed by atoms with Crippen molar-refractivity contribution in [3.05, 3.63) is 59.9 Å². The number of fused-ring (bicyclic) bond motifs is 1. The minimum atomic E-state index is 0.732. The number of rotatable bonds is 4. The van der Waals surface area contributed by atoms with Crippen molar-refractivity contribution in [1.82, 2.24) is 9.88 Å². The molecule has 1 aromatic carbocycles. The molecule has 2 aliphatic rings. The Hall–Kier alpha value is -1.87. The molecule has 0 saturated carbocycles. The van der Waals surface area contributed by atoms with E-state index in [2.05, 4.69) is 51.2 Å². The highest BCUT2D eigenvalue weighted by atomic mass is 15.2. The van der Waals surface area contributed by atoms with Gasteiger partial charge in [0.25, 0.3) is 0 Å². The summed E-state index contributed by atoms with van der Waals surface area (Å²) in [5.41, 5.74) is 4.42. The van der Waals surface area contributed by atoms with Crippen LogP contribution in [0.5, 0.6) is 0 Å². The standard InChI is InChI=1S/C20H25N3/c1-2-4-20-18(3-1)8-16-23(20)19-9-14-22(15-10-19)13-7-17-5-11-21-12-6-17/h1-6,11-12,19H,7-10,13-16H2. The predicted octanol–water partition coefficient (Wildman–Crippen LogP) is 3.15. The van der Waals surface area contributed by atoms with E-state index in [1.807, 2.05) is 12.4 Å². The van der Waals surface area contributed by atoms with Gasteiger partial charge >= 0.3 is 0 Å². The van der Waals surface area contributed by atoms with Gasteiger partial charge in [-0.3, -0.25) is 4.98 Å². The van der Waals surface area contributed by atoms with Crippen molar-refractivity contribution >= 4 is 5.69 Å². The van der Waals surface area contributed by atoms with Crippen molar-refractivity contribution in [2.24, 2.45) is 0 Å². The zero-order valence-electron chi connectivity index (χ0n) is 13.7. The number of para-hydroxylation sites is 1. The number of anilines is 1. The summed E-state index contributed by atoms with van der Waals surface area (Å²) >= 11 is 0. The van der Waals surface area contributed by atoms with E-state index in [0.29, 0.717) is 0 Å². The van der Waals surface area contributed by atoms with Crippen LogP contribution in [0, 0.1) is 0 Å². The van der Waals surface area contributed by atoms with Gasteiger partial charge in [-0.25, -0.2) is 0 Å². The number of pyridine rings is 1. The maximum absolute atomic E-state index is 4.09. The highest BCUT2D eigenvalue weighted by molar-refractivity contribution is 5.58. The second-order valence-electron chi connectivity index (χ2n) is 6.75. The zero-order chi connectivity index (χ0) is 15.5. The molecular weight excluding hydrogens is 282 g/mol. The minimum Gasteiger partial charge on any atom is -0.368 e.